The van der Waals surface area contributed by atoms with Crippen LogP contribution in [0, 0.1) is 0 Å². The number of nitrogens with zero attached hydrogens (tertiary/aromatic N) is 1. The first-order valence-electron chi connectivity index (χ1n) is 7.80. The summed E-state index contributed by atoms with van der Waals surface area (Å²) in [5.74, 6) is -3.65. The molecule has 0 saturated heterocycles. The van der Waals surface area contributed by atoms with Crippen molar-refractivity contribution in [2.45, 2.75) is 38.8 Å². The predicted octanol–water partition coefficient (Wildman–Crippen LogP) is 1.64. The molecule has 8 heteroatoms. The van der Waals surface area contributed by atoms with Gasteiger partial charge in [0.2, 0.25) is 0 Å². The molecule has 0 radical (unpaired) electrons. The van der Waals surface area contributed by atoms with Gasteiger partial charge in [0.05, 0.1) is 6.04 Å². The number of nitrogens with two attached hydrogens (primary N) is 1. The van der Waals surface area contributed by atoms with Gasteiger partial charge in [0.25, 0.3) is 0 Å². The van der Waals surface area contributed by atoms with E-state index in [0.29, 0.717) is 13.1 Å². The minimum atomic E-state index is -1.82. The highest BCUT2D eigenvalue weighted by Crippen LogP contribution is 2.30. The third-order valence-electron chi connectivity index (χ3n) is 3.45. The van der Waals surface area contributed by atoms with E-state index in [2.05, 4.69) is 6.07 Å². The standard InChI is InChI=1S/C15H22N2O2.C2H2O4/c1-15(2,3)19-14(18)17-9-8-11-6-4-5-7-12(11)13(17)10-16;3-1(4)2(5)6/h4-7,13H,8-10,16H2,1-3H3;(H,3,4)(H,5,6). The van der Waals surface area contributed by atoms with Gasteiger partial charge in [0, 0.05) is 13.1 Å². The van der Waals surface area contributed by atoms with Gasteiger partial charge in [-0.25, -0.2) is 14.4 Å². The lowest BCUT2D eigenvalue weighted by Gasteiger charge is -2.37. The van der Waals surface area contributed by atoms with Crippen molar-refractivity contribution in [3.8, 4) is 0 Å². The van der Waals surface area contributed by atoms with Crippen molar-refractivity contribution in [2.75, 3.05) is 13.1 Å². The van der Waals surface area contributed by atoms with E-state index in [1.165, 1.54) is 5.56 Å². The maximum absolute atomic E-state index is 12.2. The third-order valence-corrected chi connectivity index (χ3v) is 3.45. The number of rotatable bonds is 1. The molecule has 138 valence electrons. The Kier molecular flexibility index (Phi) is 6.93. The molecule has 0 saturated carbocycles. The van der Waals surface area contributed by atoms with Crippen LogP contribution in [-0.2, 0) is 20.7 Å². The summed E-state index contributed by atoms with van der Waals surface area (Å²) in [4.78, 5) is 32.2. The highest BCUT2D eigenvalue weighted by atomic mass is 16.6. The van der Waals surface area contributed by atoms with Gasteiger partial charge in [-0.05, 0) is 38.3 Å². The number of fused-ring (bicyclic) bond motifs is 1. The molecular weight excluding hydrogens is 328 g/mol. The molecule has 25 heavy (non-hydrogen) atoms. The predicted molar refractivity (Wildman–Crippen MR) is 90.2 cm³/mol. The molecule has 0 aliphatic carbocycles. The number of aliphatic carboxylic acids is 2. The molecule has 2 rings (SSSR count). The Balaban J connectivity index is 0.000000450. The van der Waals surface area contributed by atoms with Crippen LogP contribution in [0.1, 0.15) is 37.9 Å². The third kappa shape index (κ3) is 6.07. The monoisotopic (exact) mass is 352 g/mol. The van der Waals surface area contributed by atoms with Crippen LogP contribution in [0.25, 0.3) is 0 Å². The first kappa shape index (κ1) is 20.4. The van der Waals surface area contributed by atoms with Crippen molar-refractivity contribution < 1.29 is 29.3 Å². The number of carboxylic acids is 2. The summed E-state index contributed by atoms with van der Waals surface area (Å²) in [6, 6.07) is 8.07. The van der Waals surface area contributed by atoms with Gasteiger partial charge < -0.3 is 20.7 Å². The summed E-state index contributed by atoms with van der Waals surface area (Å²) in [5, 5.41) is 14.8. The van der Waals surface area contributed by atoms with Crippen LogP contribution >= 0.6 is 0 Å². The fourth-order valence-electron chi connectivity index (χ4n) is 2.44. The molecule has 1 aliphatic rings. The highest BCUT2D eigenvalue weighted by molar-refractivity contribution is 6.27. The quantitative estimate of drug-likeness (QED) is 0.655. The number of ether oxygens (including phenoxy) is 1. The zero-order chi connectivity index (χ0) is 19.2. The van der Waals surface area contributed by atoms with Gasteiger partial charge in [-0.2, -0.15) is 0 Å². The highest BCUT2D eigenvalue weighted by Gasteiger charge is 2.32. The van der Waals surface area contributed by atoms with Crippen LogP contribution in [0.5, 0.6) is 0 Å². The number of carbonyl (C=O) groups excluding carboxylic acids is 1. The lowest BCUT2D eigenvalue weighted by atomic mass is 9.93. The number of hydrogen-bond acceptors (Lipinski definition) is 5. The molecule has 1 aromatic rings. The molecule has 0 aromatic heterocycles. The van der Waals surface area contributed by atoms with E-state index in [1.807, 2.05) is 39.0 Å². The molecule has 1 atom stereocenters. The molecule has 1 amide bonds. The Bertz CT molecular complexity index is 626. The van der Waals surface area contributed by atoms with Gasteiger partial charge in [0.1, 0.15) is 5.60 Å². The zero-order valence-corrected chi connectivity index (χ0v) is 14.6. The van der Waals surface area contributed by atoms with Crippen LogP contribution in [0.15, 0.2) is 24.3 Å². The normalized spacial score (nSPS) is 16.2. The molecule has 0 fully saturated rings. The van der Waals surface area contributed by atoms with E-state index >= 15 is 0 Å². The molecule has 1 unspecified atom stereocenters. The van der Waals surface area contributed by atoms with Crippen LogP contribution in [-0.4, -0.2) is 51.8 Å². The van der Waals surface area contributed by atoms with E-state index in [-0.39, 0.29) is 12.1 Å². The van der Waals surface area contributed by atoms with Crippen molar-refractivity contribution in [3.63, 3.8) is 0 Å². The average molecular weight is 352 g/mol. The Morgan fingerprint density at radius 3 is 2.24 bits per heavy atom. The summed E-state index contributed by atoms with van der Waals surface area (Å²) in [7, 11) is 0. The smallest absolute Gasteiger partial charge is 0.414 e. The average Bonchev–Trinajstić information content (AvgIpc) is 2.52. The molecule has 1 heterocycles. The van der Waals surface area contributed by atoms with Crippen molar-refractivity contribution in [2.24, 2.45) is 5.73 Å². The summed E-state index contributed by atoms with van der Waals surface area (Å²) < 4.78 is 5.46. The number of amides is 1. The van der Waals surface area contributed by atoms with Crippen LogP contribution < -0.4 is 5.73 Å². The number of hydrogen-bond donors (Lipinski definition) is 3. The van der Waals surface area contributed by atoms with Crippen molar-refractivity contribution in [3.05, 3.63) is 35.4 Å². The summed E-state index contributed by atoms with van der Waals surface area (Å²) in [5.41, 5.74) is 7.80. The van der Waals surface area contributed by atoms with E-state index in [4.69, 9.17) is 30.3 Å². The van der Waals surface area contributed by atoms with Crippen LogP contribution in [0.3, 0.4) is 0 Å². The molecule has 0 spiro atoms. The summed E-state index contributed by atoms with van der Waals surface area (Å²) in [6.45, 7) is 6.70. The van der Waals surface area contributed by atoms with Crippen molar-refractivity contribution >= 4 is 18.0 Å². The van der Waals surface area contributed by atoms with Crippen LogP contribution in [0.2, 0.25) is 0 Å². The SMILES string of the molecule is CC(C)(C)OC(=O)N1CCc2ccccc2C1CN.O=C(O)C(=O)O. The lowest BCUT2D eigenvalue weighted by molar-refractivity contribution is -0.159. The Labute approximate surface area is 146 Å². The topological polar surface area (TPSA) is 130 Å². The van der Waals surface area contributed by atoms with Gasteiger partial charge in [-0.3, -0.25) is 4.90 Å². The lowest BCUT2D eigenvalue weighted by Crippen LogP contribution is -2.45. The van der Waals surface area contributed by atoms with Gasteiger partial charge in [0.15, 0.2) is 0 Å². The largest absolute Gasteiger partial charge is 0.473 e. The minimum absolute atomic E-state index is 0.0835. The Morgan fingerprint density at radius 1 is 1.20 bits per heavy atom. The van der Waals surface area contributed by atoms with E-state index in [0.717, 1.165) is 12.0 Å². The number of carbonyl (C=O) groups is 3. The van der Waals surface area contributed by atoms with Gasteiger partial charge in [-0.1, -0.05) is 24.3 Å². The van der Waals surface area contributed by atoms with E-state index < -0.39 is 17.5 Å². The molecule has 1 aromatic carbocycles. The molecule has 4 N–H and O–H groups in total. The fraction of sp³-hybridized carbons (Fsp3) is 0.471. The number of carboxylic acid groups (broad SMARTS) is 2. The van der Waals surface area contributed by atoms with Crippen molar-refractivity contribution in [1.82, 2.24) is 4.90 Å². The fourth-order valence-corrected chi connectivity index (χ4v) is 2.44. The zero-order valence-electron chi connectivity index (χ0n) is 14.6. The summed E-state index contributed by atoms with van der Waals surface area (Å²) >= 11 is 0. The maximum atomic E-state index is 12.2. The number of benzene rings is 1. The van der Waals surface area contributed by atoms with E-state index in [1.54, 1.807) is 4.90 Å². The van der Waals surface area contributed by atoms with Crippen molar-refractivity contribution in [1.29, 1.82) is 0 Å². The molecule has 1 aliphatic heterocycles. The van der Waals surface area contributed by atoms with Gasteiger partial charge >= 0.3 is 18.0 Å². The molecule has 8 nitrogen and oxygen atoms in total. The second-order valence-electron chi connectivity index (χ2n) is 6.48. The Hall–Kier alpha value is -2.61. The second-order valence-corrected chi connectivity index (χ2v) is 6.48. The molecular formula is C17H24N2O6. The second kappa shape index (κ2) is 8.48. The molecule has 0 bridgehead atoms. The van der Waals surface area contributed by atoms with Gasteiger partial charge in [-0.15, -0.1) is 0 Å². The first-order chi connectivity index (χ1) is 11.6. The van der Waals surface area contributed by atoms with E-state index in [9.17, 15) is 4.79 Å². The minimum Gasteiger partial charge on any atom is -0.473 e. The summed E-state index contributed by atoms with van der Waals surface area (Å²) in [6.07, 6.45) is 0.573. The maximum Gasteiger partial charge on any atom is 0.414 e. The van der Waals surface area contributed by atoms with Crippen LogP contribution in [0.4, 0.5) is 4.79 Å². The Morgan fingerprint density at radius 2 is 1.76 bits per heavy atom. The first-order valence-corrected chi connectivity index (χ1v) is 7.80.